The largest absolute Gasteiger partial charge is 0.504 e. The molecule has 0 saturated carbocycles. The van der Waals surface area contributed by atoms with Crippen LogP contribution in [-0.2, 0) is 9.53 Å². The number of cyclic esters (lactones) is 1. The third kappa shape index (κ3) is 3.23. The van der Waals surface area contributed by atoms with E-state index >= 15 is 0 Å². The van der Waals surface area contributed by atoms with Crippen LogP contribution in [0.3, 0.4) is 0 Å². The maximum atomic E-state index is 12.2. The summed E-state index contributed by atoms with van der Waals surface area (Å²) in [5.41, 5.74) is 1.62. The van der Waals surface area contributed by atoms with Gasteiger partial charge in [0.1, 0.15) is 6.10 Å². The van der Waals surface area contributed by atoms with Gasteiger partial charge in [0.25, 0.3) is 0 Å². The van der Waals surface area contributed by atoms with Crippen LogP contribution >= 0.6 is 0 Å². The molecule has 2 aromatic rings. The molecule has 0 spiro atoms. The van der Waals surface area contributed by atoms with Crippen LogP contribution in [0.15, 0.2) is 35.9 Å². The fraction of sp³-hybridized carbons (Fsp3) is 0.211. The first-order valence-corrected chi connectivity index (χ1v) is 7.81. The average molecular weight is 358 g/mol. The second-order valence-electron chi connectivity index (χ2n) is 5.79. The van der Waals surface area contributed by atoms with Gasteiger partial charge in [0.05, 0.1) is 14.2 Å². The highest BCUT2D eigenvalue weighted by atomic mass is 16.5. The van der Waals surface area contributed by atoms with Crippen molar-refractivity contribution >= 4 is 12.0 Å². The van der Waals surface area contributed by atoms with E-state index in [1.54, 1.807) is 24.3 Å². The van der Waals surface area contributed by atoms with Gasteiger partial charge in [0, 0.05) is 12.0 Å². The van der Waals surface area contributed by atoms with E-state index in [0.717, 1.165) is 0 Å². The van der Waals surface area contributed by atoms with Gasteiger partial charge in [0.2, 0.25) is 5.75 Å². The average Bonchev–Trinajstić information content (AvgIpc) is 2.99. The topological polar surface area (TPSA) is 105 Å². The van der Waals surface area contributed by atoms with Gasteiger partial charge < -0.3 is 29.5 Å². The van der Waals surface area contributed by atoms with Crippen molar-refractivity contribution in [1.82, 2.24) is 0 Å². The first kappa shape index (κ1) is 17.5. The van der Waals surface area contributed by atoms with Crippen molar-refractivity contribution < 1.29 is 34.3 Å². The number of carbonyl (C=O) groups excluding carboxylic acids is 1. The highest BCUT2D eigenvalue weighted by Gasteiger charge is 2.30. The molecule has 0 bridgehead atoms. The third-order valence-corrected chi connectivity index (χ3v) is 4.13. The molecule has 1 atom stereocenters. The number of phenols is 3. The molecule has 0 radical (unpaired) electrons. The summed E-state index contributed by atoms with van der Waals surface area (Å²) in [4.78, 5) is 12.2. The smallest absolute Gasteiger partial charge is 0.334 e. The Morgan fingerprint density at radius 2 is 1.69 bits per heavy atom. The van der Waals surface area contributed by atoms with E-state index in [9.17, 15) is 20.1 Å². The van der Waals surface area contributed by atoms with Crippen LogP contribution in [0.2, 0.25) is 0 Å². The first-order chi connectivity index (χ1) is 12.4. The molecule has 1 saturated heterocycles. The summed E-state index contributed by atoms with van der Waals surface area (Å²) in [6.07, 6.45) is 1.38. The van der Waals surface area contributed by atoms with E-state index in [1.165, 1.54) is 26.4 Å². The zero-order valence-corrected chi connectivity index (χ0v) is 14.2. The molecule has 2 aromatic carbocycles. The molecule has 0 aromatic heterocycles. The maximum Gasteiger partial charge on any atom is 0.334 e. The summed E-state index contributed by atoms with van der Waals surface area (Å²) in [5, 5.41) is 29.0. The summed E-state index contributed by atoms with van der Waals surface area (Å²) in [6.45, 7) is 0. The van der Waals surface area contributed by atoms with E-state index in [0.29, 0.717) is 23.1 Å². The van der Waals surface area contributed by atoms with Crippen LogP contribution in [-0.4, -0.2) is 35.5 Å². The Kier molecular flexibility index (Phi) is 4.62. The molecule has 26 heavy (non-hydrogen) atoms. The van der Waals surface area contributed by atoms with Crippen LogP contribution in [0, 0.1) is 0 Å². The lowest BCUT2D eigenvalue weighted by Crippen LogP contribution is -1.98. The molecule has 1 heterocycles. The SMILES string of the molecule is COc1cc(C=C2CC(c3ccc(O)c(O)c3)OC2=O)cc(OC)c1O. The minimum absolute atomic E-state index is 0.122. The minimum Gasteiger partial charge on any atom is -0.504 e. The Hall–Kier alpha value is -3.35. The number of ether oxygens (including phenoxy) is 3. The Balaban J connectivity index is 1.90. The predicted octanol–water partition coefficient (Wildman–Crippen LogP) is 2.89. The Morgan fingerprint density at radius 1 is 1.04 bits per heavy atom. The van der Waals surface area contributed by atoms with Crippen molar-refractivity contribution in [2.24, 2.45) is 0 Å². The van der Waals surface area contributed by atoms with Crippen molar-refractivity contribution in [2.45, 2.75) is 12.5 Å². The lowest BCUT2D eigenvalue weighted by molar-refractivity contribution is -0.139. The van der Waals surface area contributed by atoms with Gasteiger partial charge in [0.15, 0.2) is 23.0 Å². The van der Waals surface area contributed by atoms with Gasteiger partial charge >= 0.3 is 5.97 Å². The molecule has 0 aliphatic carbocycles. The van der Waals surface area contributed by atoms with Gasteiger partial charge in [-0.1, -0.05) is 6.07 Å². The van der Waals surface area contributed by atoms with Crippen LogP contribution in [0.1, 0.15) is 23.7 Å². The van der Waals surface area contributed by atoms with E-state index in [2.05, 4.69) is 0 Å². The molecule has 1 aliphatic rings. The number of aromatic hydroxyl groups is 3. The van der Waals surface area contributed by atoms with Crippen molar-refractivity contribution in [3.05, 3.63) is 47.0 Å². The Labute approximate surface area is 149 Å². The number of carbonyl (C=O) groups is 1. The Bertz CT molecular complexity index is 860. The predicted molar refractivity (Wildman–Crippen MR) is 92.4 cm³/mol. The van der Waals surface area contributed by atoms with Crippen LogP contribution in [0.4, 0.5) is 0 Å². The molecule has 3 rings (SSSR count). The third-order valence-electron chi connectivity index (χ3n) is 4.13. The summed E-state index contributed by atoms with van der Waals surface area (Å²) < 4.78 is 15.6. The lowest BCUT2D eigenvalue weighted by Gasteiger charge is -2.10. The summed E-state index contributed by atoms with van der Waals surface area (Å²) in [6, 6.07) is 7.46. The van der Waals surface area contributed by atoms with Crippen molar-refractivity contribution in [3.8, 4) is 28.7 Å². The minimum atomic E-state index is -0.554. The summed E-state index contributed by atoms with van der Waals surface area (Å²) in [7, 11) is 2.84. The molecular weight excluding hydrogens is 340 g/mol. The zero-order valence-electron chi connectivity index (χ0n) is 14.2. The fourth-order valence-corrected chi connectivity index (χ4v) is 2.77. The van der Waals surface area contributed by atoms with Gasteiger partial charge in [-0.15, -0.1) is 0 Å². The number of esters is 1. The maximum absolute atomic E-state index is 12.2. The lowest BCUT2D eigenvalue weighted by atomic mass is 10.0. The van der Waals surface area contributed by atoms with E-state index in [-0.39, 0.29) is 28.7 Å². The normalized spacial score (nSPS) is 18.0. The van der Waals surface area contributed by atoms with Gasteiger partial charge in [-0.25, -0.2) is 4.79 Å². The molecule has 3 N–H and O–H groups in total. The summed E-state index contributed by atoms with van der Waals surface area (Å²) in [5.74, 6) is -0.664. The molecular formula is C19H18O7. The number of benzene rings is 2. The van der Waals surface area contributed by atoms with E-state index < -0.39 is 12.1 Å². The highest BCUT2D eigenvalue weighted by Crippen LogP contribution is 2.40. The first-order valence-electron chi connectivity index (χ1n) is 7.81. The van der Waals surface area contributed by atoms with E-state index in [1.807, 2.05) is 0 Å². The highest BCUT2D eigenvalue weighted by molar-refractivity contribution is 5.96. The van der Waals surface area contributed by atoms with Crippen LogP contribution in [0.25, 0.3) is 6.08 Å². The van der Waals surface area contributed by atoms with Crippen molar-refractivity contribution in [3.63, 3.8) is 0 Å². The molecule has 7 nitrogen and oxygen atoms in total. The number of methoxy groups -OCH3 is 2. The molecule has 136 valence electrons. The molecule has 0 amide bonds. The fourth-order valence-electron chi connectivity index (χ4n) is 2.77. The summed E-state index contributed by atoms with van der Waals surface area (Å²) >= 11 is 0. The number of hydrogen-bond donors (Lipinski definition) is 3. The monoisotopic (exact) mass is 358 g/mol. The molecule has 1 aliphatic heterocycles. The van der Waals surface area contributed by atoms with Gasteiger partial charge in [-0.05, 0) is 41.5 Å². The second kappa shape index (κ2) is 6.87. The quantitative estimate of drug-likeness (QED) is 0.438. The Morgan fingerprint density at radius 3 is 2.27 bits per heavy atom. The second-order valence-corrected chi connectivity index (χ2v) is 5.79. The number of phenolic OH excluding ortho intramolecular Hbond substituents is 3. The van der Waals surface area contributed by atoms with Crippen LogP contribution < -0.4 is 9.47 Å². The van der Waals surface area contributed by atoms with Gasteiger partial charge in [-0.2, -0.15) is 0 Å². The number of rotatable bonds is 4. The molecule has 7 heteroatoms. The molecule has 1 fully saturated rings. The zero-order chi connectivity index (χ0) is 18.8. The van der Waals surface area contributed by atoms with Crippen molar-refractivity contribution in [1.29, 1.82) is 0 Å². The molecule has 1 unspecified atom stereocenters. The van der Waals surface area contributed by atoms with Crippen molar-refractivity contribution in [2.75, 3.05) is 14.2 Å². The van der Waals surface area contributed by atoms with Gasteiger partial charge in [-0.3, -0.25) is 0 Å². The number of hydrogen-bond acceptors (Lipinski definition) is 7. The van der Waals surface area contributed by atoms with E-state index in [4.69, 9.17) is 14.2 Å². The van der Waals surface area contributed by atoms with Crippen LogP contribution in [0.5, 0.6) is 28.7 Å². The standard InChI is InChI=1S/C19H18O7/c1-24-16-6-10(7-17(25-2)18(16)22)5-12-9-15(26-19(12)23)11-3-4-13(20)14(21)8-11/h3-8,15,20-22H,9H2,1-2H3.